The van der Waals surface area contributed by atoms with Crippen molar-refractivity contribution in [2.45, 2.75) is 6.10 Å². The van der Waals surface area contributed by atoms with Gasteiger partial charge in [0.2, 0.25) is 0 Å². The average Bonchev–Trinajstić information content (AvgIpc) is 3.09. The Hall–Kier alpha value is -2.81. The molecule has 0 bridgehead atoms. The van der Waals surface area contributed by atoms with Crippen LogP contribution < -0.4 is 0 Å². The standard InChI is InChI=1S/C18H11N3OS/c19-9-11-2-1-3-14-13(11)4-5-16-15(17(14)22)8-12(10-21-16)18-20-6-7-23-18/h1-8,10,17,22H. The van der Waals surface area contributed by atoms with Gasteiger partial charge in [-0.2, -0.15) is 5.26 Å². The highest BCUT2D eigenvalue weighted by atomic mass is 32.1. The van der Waals surface area contributed by atoms with Crippen LogP contribution in [-0.4, -0.2) is 15.1 Å². The molecule has 1 aliphatic rings. The number of aliphatic hydroxyl groups is 1. The fourth-order valence-electron chi connectivity index (χ4n) is 2.77. The number of pyridine rings is 1. The third kappa shape index (κ3) is 2.25. The lowest BCUT2D eigenvalue weighted by molar-refractivity contribution is 0.219. The molecule has 1 aliphatic carbocycles. The lowest BCUT2D eigenvalue weighted by atomic mass is 9.95. The van der Waals surface area contributed by atoms with E-state index >= 15 is 0 Å². The summed E-state index contributed by atoms with van der Waals surface area (Å²) >= 11 is 1.53. The van der Waals surface area contributed by atoms with Crippen LogP contribution in [0.3, 0.4) is 0 Å². The average molecular weight is 317 g/mol. The number of rotatable bonds is 1. The van der Waals surface area contributed by atoms with Crippen LogP contribution in [0.1, 0.15) is 34.1 Å². The number of hydrogen-bond donors (Lipinski definition) is 1. The maximum Gasteiger partial charge on any atom is 0.124 e. The molecule has 0 fully saturated rings. The summed E-state index contributed by atoms with van der Waals surface area (Å²) in [5, 5.41) is 22.9. The van der Waals surface area contributed by atoms with Gasteiger partial charge in [0.05, 0.1) is 17.3 Å². The monoisotopic (exact) mass is 317 g/mol. The minimum Gasteiger partial charge on any atom is -0.384 e. The quantitative estimate of drug-likeness (QED) is 0.744. The molecule has 4 nitrogen and oxygen atoms in total. The number of nitrogens with zero attached hydrogens (tertiary/aromatic N) is 3. The number of benzene rings is 1. The van der Waals surface area contributed by atoms with Gasteiger partial charge in [-0.15, -0.1) is 11.3 Å². The van der Waals surface area contributed by atoms with Crippen molar-refractivity contribution in [2.24, 2.45) is 0 Å². The summed E-state index contributed by atoms with van der Waals surface area (Å²) in [4.78, 5) is 8.75. The molecular weight excluding hydrogens is 306 g/mol. The van der Waals surface area contributed by atoms with Crippen LogP contribution in [0.4, 0.5) is 0 Å². The summed E-state index contributed by atoms with van der Waals surface area (Å²) in [7, 11) is 0. The number of aliphatic hydroxyl groups excluding tert-OH is 1. The first-order chi connectivity index (χ1) is 11.3. The second-order valence-corrected chi connectivity index (χ2v) is 6.09. The van der Waals surface area contributed by atoms with E-state index < -0.39 is 6.10 Å². The Balaban J connectivity index is 1.91. The summed E-state index contributed by atoms with van der Waals surface area (Å²) in [5.41, 5.74) is 4.32. The summed E-state index contributed by atoms with van der Waals surface area (Å²) in [6.07, 6.45) is 6.37. The van der Waals surface area contributed by atoms with Crippen LogP contribution in [0.25, 0.3) is 22.7 Å². The Bertz CT molecular complexity index is 955. The van der Waals surface area contributed by atoms with E-state index in [1.807, 2.05) is 29.7 Å². The van der Waals surface area contributed by atoms with Gasteiger partial charge in [0.25, 0.3) is 0 Å². The molecule has 0 aliphatic heterocycles. The van der Waals surface area contributed by atoms with E-state index in [-0.39, 0.29) is 0 Å². The molecular formula is C18H11N3OS. The fourth-order valence-corrected chi connectivity index (χ4v) is 3.39. The van der Waals surface area contributed by atoms with Crippen molar-refractivity contribution in [3.05, 3.63) is 70.0 Å². The maximum atomic E-state index is 10.8. The predicted molar refractivity (Wildman–Crippen MR) is 89.5 cm³/mol. The SMILES string of the molecule is N#Cc1cccc2c1C=Cc1ncc(-c3nccs3)cc1C2O. The summed E-state index contributed by atoms with van der Waals surface area (Å²) < 4.78 is 0. The van der Waals surface area contributed by atoms with E-state index in [2.05, 4.69) is 16.0 Å². The molecule has 110 valence electrons. The summed E-state index contributed by atoms with van der Waals surface area (Å²) in [5.74, 6) is 0. The Morgan fingerprint density at radius 2 is 2.09 bits per heavy atom. The highest BCUT2D eigenvalue weighted by Crippen LogP contribution is 2.35. The molecule has 1 atom stereocenters. The van der Waals surface area contributed by atoms with Gasteiger partial charge >= 0.3 is 0 Å². The van der Waals surface area contributed by atoms with Gasteiger partial charge < -0.3 is 5.11 Å². The molecule has 0 saturated heterocycles. The van der Waals surface area contributed by atoms with Crippen LogP contribution in [-0.2, 0) is 0 Å². The van der Waals surface area contributed by atoms with Gasteiger partial charge in [0, 0.05) is 28.9 Å². The zero-order valence-corrected chi connectivity index (χ0v) is 12.8. The van der Waals surface area contributed by atoms with Crippen molar-refractivity contribution >= 4 is 23.5 Å². The number of nitriles is 1. The predicted octanol–water partition coefficient (Wildman–Crippen LogP) is 3.64. The molecule has 1 unspecified atom stereocenters. The smallest absolute Gasteiger partial charge is 0.124 e. The second kappa shape index (κ2) is 5.43. The Morgan fingerprint density at radius 1 is 1.17 bits per heavy atom. The van der Waals surface area contributed by atoms with E-state index in [1.54, 1.807) is 24.5 Å². The molecule has 0 radical (unpaired) electrons. The minimum absolute atomic E-state index is 0.547. The van der Waals surface area contributed by atoms with Crippen molar-refractivity contribution in [2.75, 3.05) is 0 Å². The van der Waals surface area contributed by atoms with E-state index in [0.717, 1.165) is 27.3 Å². The van der Waals surface area contributed by atoms with Crippen LogP contribution >= 0.6 is 11.3 Å². The topological polar surface area (TPSA) is 69.8 Å². The minimum atomic E-state index is -0.823. The molecule has 0 saturated carbocycles. The molecule has 23 heavy (non-hydrogen) atoms. The maximum absolute atomic E-state index is 10.8. The summed E-state index contributed by atoms with van der Waals surface area (Å²) in [6.45, 7) is 0. The largest absolute Gasteiger partial charge is 0.384 e. The van der Waals surface area contributed by atoms with Gasteiger partial charge in [-0.05, 0) is 29.3 Å². The first-order valence-corrected chi connectivity index (χ1v) is 7.95. The normalized spacial score (nSPS) is 15.4. The molecule has 1 N–H and O–H groups in total. The van der Waals surface area contributed by atoms with E-state index in [9.17, 15) is 10.4 Å². The third-order valence-corrected chi connectivity index (χ3v) is 4.71. The second-order valence-electron chi connectivity index (χ2n) is 5.19. The van der Waals surface area contributed by atoms with Crippen molar-refractivity contribution < 1.29 is 5.11 Å². The first kappa shape index (κ1) is 13.8. The van der Waals surface area contributed by atoms with Gasteiger partial charge in [0.15, 0.2) is 0 Å². The highest BCUT2D eigenvalue weighted by molar-refractivity contribution is 7.13. The van der Waals surface area contributed by atoms with Crippen molar-refractivity contribution in [3.8, 4) is 16.6 Å². The lowest BCUT2D eigenvalue weighted by Gasteiger charge is -2.15. The number of hydrogen-bond acceptors (Lipinski definition) is 5. The van der Waals surface area contributed by atoms with Crippen LogP contribution in [0.2, 0.25) is 0 Å². The van der Waals surface area contributed by atoms with Crippen LogP contribution in [0, 0.1) is 11.3 Å². The van der Waals surface area contributed by atoms with Crippen LogP contribution in [0.5, 0.6) is 0 Å². The van der Waals surface area contributed by atoms with Gasteiger partial charge in [-0.25, -0.2) is 4.98 Å². The third-order valence-electron chi connectivity index (χ3n) is 3.89. The Kier molecular flexibility index (Phi) is 3.27. The summed E-state index contributed by atoms with van der Waals surface area (Å²) in [6, 6.07) is 9.48. The molecule has 5 heteroatoms. The van der Waals surface area contributed by atoms with Gasteiger partial charge in [-0.1, -0.05) is 18.2 Å². The molecule has 3 aromatic rings. The zero-order valence-electron chi connectivity index (χ0n) is 12.0. The van der Waals surface area contributed by atoms with Crippen molar-refractivity contribution in [1.82, 2.24) is 9.97 Å². The molecule has 2 heterocycles. The van der Waals surface area contributed by atoms with Gasteiger partial charge in [-0.3, -0.25) is 4.98 Å². The first-order valence-electron chi connectivity index (χ1n) is 7.07. The molecule has 0 amide bonds. The van der Waals surface area contributed by atoms with E-state index in [1.165, 1.54) is 11.3 Å². The number of aromatic nitrogens is 2. The molecule has 0 spiro atoms. The Morgan fingerprint density at radius 3 is 2.87 bits per heavy atom. The zero-order chi connectivity index (χ0) is 15.8. The molecule has 1 aromatic carbocycles. The van der Waals surface area contributed by atoms with Gasteiger partial charge in [0.1, 0.15) is 11.1 Å². The highest BCUT2D eigenvalue weighted by Gasteiger charge is 2.22. The lowest BCUT2D eigenvalue weighted by Crippen LogP contribution is -2.04. The Labute approximate surface area is 137 Å². The van der Waals surface area contributed by atoms with E-state index in [0.29, 0.717) is 11.3 Å². The molecule has 2 aromatic heterocycles. The van der Waals surface area contributed by atoms with Crippen molar-refractivity contribution in [3.63, 3.8) is 0 Å². The van der Waals surface area contributed by atoms with Crippen LogP contribution in [0.15, 0.2) is 42.0 Å². The number of fused-ring (bicyclic) bond motifs is 2. The van der Waals surface area contributed by atoms with Crippen molar-refractivity contribution in [1.29, 1.82) is 5.26 Å². The molecule has 4 rings (SSSR count). The number of thiazole rings is 1. The van der Waals surface area contributed by atoms with E-state index in [4.69, 9.17) is 0 Å². The fraction of sp³-hybridized carbons (Fsp3) is 0.0556.